The molecule has 0 aliphatic heterocycles. The molecule has 0 saturated heterocycles. The van der Waals surface area contributed by atoms with Gasteiger partial charge in [-0.2, -0.15) is 5.10 Å². The van der Waals surface area contributed by atoms with Gasteiger partial charge in [0.2, 0.25) is 0 Å². The van der Waals surface area contributed by atoms with Crippen LogP contribution in [0.1, 0.15) is 31.1 Å². The molecule has 1 aromatic carbocycles. The molecule has 0 amide bonds. The number of aliphatic hydroxyl groups is 1. The average molecular weight is 273 g/mol. The molecule has 2 rings (SSSR count). The zero-order valence-electron chi connectivity index (χ0n) is 12.2. The summed E-state index contributed by atoms with van der Waals surface area (Å²) in [5, 5.41) is 14.5. The summed E-state index contributed by atoms with van der Waals surface area (Å²) in [5.74, 6) is 0. The fourth-order valence-corrected chi connectivity index (χ4v) is 2.40. The summed E-state index contributed by atoms with van der Waals surface area (Å²) in [6.07, 6.45) is 2.62. The van der Waals surface area contributed by atoms with E-state index >= 15 is 0 Å². The number of nitrogens with zero attached hydrogens (tertiary/aromatic N) is 2. The maximum Gasteiger partial charge on any atom is 0.0635 e. The van der Waals surface area contributed by atoms with Crippen LogP contribution in [0.15, 0.2) is 42.6 Å². The summed E-state index contributed by atoms with van der Waals surface area (Å²) < 4.78 is 1.93. The fraction of sp³-hybridized carbons (Fsp3) is 0.438. The van der Waals surface area contributed by atoms with E-state index in [1.165, 1.54) is 0 Å². The quantitative estimate of drug-likeness (QED) is 0.845. The first-order chi connectivity index (χ1) is 9.61. The van der Waals surface area contributed by atoms with E-state index in [2.05, 4.69) is 18.9 Å². The van der Waals surface area contributed by atoms with Crippen LogP contribution >= 0.6 is 0 Å². The molecule has 0 aliphatic carbocycles. The summed E-state index contributed by atoms with van der Waals surface area (Å²) in [6.45, 7) is 4.59. The van der Waals surface area contributed by atoms with Crippen molar-refractivity contribution < 1.29 is 5.11 Å². The molecule has 0 spiro atoms. The molecule has 2 aromatic rings. The smallest absolute Gasteiger partial charge is 0.0635 e. The molecule has 4 nitrogen and oxygen atoms in total. The molecule has 0 fully saturated rings. The Morgan fingerprint density at radius 2 is 1.95 bits per heavy atom. The Hall–Kier alpha value is -1.65. The van der Waals surface area contributed by atoms with Crippen LogP contribution in [0.5, 0.6) is 0 Å². The number of aliphatic hydroxyl groups excluding tert-OH is 1. The van der Waals surface area contributed by atoms with Crippen LogP contribution in [0.4, 0.5) is 0 Å². The van der Waals surface area contributed by atoms with Crippen molar-refractivity contribution >= 4 is 0 Å². The summed E-state index contributed by atoms with van der Waals surface area (Å²) >= 11 is 0. The van der Waals surface area contributed by atoms with Crippen LogP contribution in [-0.4, -0.2) is 28.0 Å². The van der Waals surface area contributed by atoms with Crippen molar-refractivity contribution in [2.45, 2.75) is 31.7 Å². The highest BCUT2D eigenvalue weighted by Gasteiger charge is 2.31. The fourth-order valence-electron chi connectivity index (χ4n) is 2.40. The minimum atomic E-state index is -0.461. The van der Waals surface area contributed by atoms with Gasteiger partial charge in [-0.05, 0) is 25.5 Å². The third-order valence-corrected chi connectivity index (χ3v) is 3.79. The first-order valence-corrected chi connectivity index (χ1v) is 7.02. The number of hydrogen-bond acceptors (Lipinski definition) is 3. The lowest BCUT2D eigenvalue weighted by Crippen LogP contribution is -2.41. The van der Waals surface area contributed by atoms with Gasteiger partial charge in [-0.25, -0.2) is 0 Å². The van der Waals surface area contributed by atoms with Gasteiger partial charge in [-0.1, -0.05) is 30.3 Å². The van der Waals surface area contributed by atoms with Crippen LogP contribution < -0.4 is 5.73 Å². The minimum absolute atomic E-state index is 0.0159. The molecule has 0 radical (unpaired) electrons. The van der Waals surface area contributed by atoms with Gasteiger partial charge in [0.15, 0.2) is 0 Å². The molecular formula is C16H23N3O. The van der Waals surface area contributed by atoms with E-state index in [-0.39, 0.29) is 6.61 Å². The number of hydrogen-bond donors (Lipinski definition) is 2. The molecule has 1 unspecified atom stereocenters. The maximum atomic E-state index is 9.89. The highest BCUT2D eigenvalue weighted by atomic mass is 16.3. The molecule has 1 atom stereocenters. The highest BCUT2D eigenvalue weighted by Crippen LogP contribution is 2.27. The predicted molar refractivity (Wildman–Crippen MR) is 80.6 cm³/mol. The van der Waals surface area contributed by atoms with Gasteiger partial charge in [0.1, 0.15) is 0 Å². The van der Waals surface area contributed by atoms with E-state index in [1.807, 2.05) is 47.3 Å². The highest BCUT2D eigenvalue weighted by molar-refractivity contribution is 5.28. The van der Waals surface area contributed by atoms with Crippen LogP contribution in [0.25, 0.3) is 0 Å². The van der Waals surface area contributed by atoms with E-state index in [9.17, 15) is 5.11 Å². The average Bonchev–Trinajstić information content (AvgIpc) is 2.94. The predicted octanol–water partition coefficient (Wildman–Crippen LogP) is 1.90. The topological polar surface area (TPSA) is 64.1 Å². The SMILES string of the molecule is CC(C)n1ccc(CC(CN)(CO)c2ccccc2)n1. The molecule has 1 heterocycles. The molecule has 4 heteroatoms. The van der Waals surface area contributed by atoms with Crippen molar-refractivity contribution in [1.29, 1.82) is 0 Å². The second-order valence-corrected chi connectivity index (χ2v) is 5.57. The van der Waals surface area contributed by atoms with Crippen molar-refractivity contribution in [3.05, 3.63) is 53.9 Å². The summed E-state index contributed by atoms with van der Waals surface area (Å²) in [7, 11) is 0. The summed E-state index contributed by atoms with van der Waals surface area (Å²) in [5.41, 5.74) is 7.53. The van der Waals surface area contributed by atoms with Crippen molar-refractivity contribution in [2.75, 3.05) is 13.2 Å². The van der Waals surface area contributed by atoms with Gasteiger partial charge in [-0.3, -0.25) is 4.68 Å². The third kappa shape index (κ3) is 2.92. The van der Waals surface area contributed by atoms with Crippen molar-refractivity contribution in [2.24, 2.45) is 5.73 Å². The van der Waals surface area contributed by atoms with Crippen LogP contribution in [0, 0.1) is 0 Å². The van der Waals surface area contributed by atoms with E-state index in [0.29, 0.717) is 19.0 Å². The van der Waals surface area contributed by atoms with Crippen LogP contribution in [0.3, 0.4) is 0 Å². The minimum Gasteiger partial charge on any atom is -0.395 e. The van der Waals surface area contributed by atoms with Gasteiger partial charge in [0.25, 0.3) is 0 Å². The van der Waals surface area contributed by atoms with Crippen LogP contribution in [0.2, 0.25) is 0 Å². The Morgan fingerprint density at radius 1 is 1.25 bits per heavy atom. The van der Waals surface area contributed by atoms with Crippen LogP contribution in [-0.2, 0) is 11.8 Å². The summed E-state index contributed by atoms with van der Waals surface area (Å²) in [6, 6.07) is 12.3. The van der Waals surface area contributed by atoms with Gasteiger partial charge < -0.3 is 10.8 Å². The Morgan fingerprint density at radius 3 is 2.45 bits per heavy atom. The zero-order valence-corrected chi connectivity index (χ0v) is 12.2. The van der Waals surface area contributed by atoms with Gasteiger partial charge in [0, 0.05) is 30.6 Å². The standard InChI is InChI=1S/C16H23N3O/c1-13(2)19-9-8-15(18-19)10-16(11-17,12-20)14-6-4-3-5-7-14/h3-9,13,20H,10-12,17H2,1-2H3. The first-order valence-electron chi connectivity index (χ1n) is 7.02. The first kappa shape index (κ1) is 14.8. The van der Waals surface area contributed by atoms with Gasteiger partial charge >= 0.3 is 0 Å². The lowest BCUT2D eigenvalue weighted by atomic mass is 9.77. The van der Waals surface area contributed by atoms with E-state index in [0.717, 1.165) is 11.3 Å². The van der Waals surface area contributed by atoms with Crippen molar-refractivity contribution in [3.8, 4) is 0 Å². The summed E-state index contributed by atoms with van der Waals surface area (Å²) in [4.78, 5) is 0. The molecule has 0 saturated carbocycles. The molecule has 1 aromatic heterocycles. The third-order valence-electron chi connectivity index (χ3n) is 3.79. The van der Waals surface area contributed by atoms with E-state index in [1.54, 1.807) is 0 Å². The molecule has 108 valence electrons. The molecular weight excluding hydrogens is 250 g/mol. The lowest BCUT2D eigenvalue weighted by Gasteiger charge is -2.30. The van der Waals surface area contributed by atoms with E-state index in [4.69, 9.17) is 5.73 Å². The number of aromatic nitrogens is 2. The lowest BCUT2D eigenvalue weighted by molar-refractivity contribution is 0.195. The Balaban J connectivity index is 2.29. The Kier molecular flexibility index (Phi) is 4.57. The largest absolute Gasteiger partial charge is 0.395 e. The monoisotopic (exact) mass is 273 g/mol. The van der Waals surface area contributed by atoms with Gasteiger partial charge in [0.05, 0.1) is 12.3 Å². The molecule has 20 heavy (non-hydrogen) atoms. The number of benzene rings is 1. The molecule has 0 aliphatic rings. The maximum absolute atomic E-state index is 9.89. The molecule has 0 bridgehead atoms. The normalized spacial score (nSPS) is 14.4. The molecule has 3 N–H and O–H groups in total. The second-order valence-electron chi connectivity index (χ2n) is 5.57. The van der Waals surface area contributed by atoms with Crippen molar-refractivity contribution in [3.63, 3.8) is 0 Å². The van der Waals surface area contributed by atoms with Gasteiger partial charge in [-0.15, -0.1) is 0 Å². The second kappa shape index (κ2) is 6.20. The Labute approximate surface area is 120 Å². The van der Waals surface area contributed by atoms with Crippen molar-refractivity contribution in [1.82, 2.24) is 9.78 Å². The Bertz CT molecular complexity index is 530. The number of nitrogens with two attached hydrogens (primary N) is 1. The number of rotatable bonds is 6. The zero-order chi connectivity index (χ0) is 14.6. The van der Waals surface area contributed by atoms with E-state index < -0.39 is 5.41 Å².